The van der Waals surface area contributed by atoms with Crippen LogP contribution in [0.15, 0.2) is 109 Å². The molecule has 8 bridgehead atoms. The Morgan fingerprint density at radius 3 is 1.71 bits per heavy atom. The first-order chi connectivity index (χ1) is 20.2. The number of fused-ring (bicyclic) bond motifs is 10. The van der Waals surface area contributed by atoms with Crippen LogP contribution in [0.3, 0.4) is 0 Å². The molecule has 0 aliphatic carbocycles. The third kappa shape index (κ3) is 3.79. The van der Waals surface area contributed by atoms with Gasteiger partial charge in [-0.3, -0.25) is 4.57 Å². The molecule has 7 rings (SSSR count). The number of aromatic hydroxyl groups is 2. The van der Waals surface area contributed by atoms with Gasteiger partial charge in [-0.25, -0.2) is 9.97 Å². The number of nitrogens with zero attached hydrogens (tertiary/aromatic N) is 4. The Kier molecular flexibility index (Phi) is 5.67. The first kappa shape index (κ1) is 25.8. The van der Waals surface area contributed by atoms with Crippen LogP contribution in [-0.4, -0.2) is 29.3 Å². The highest BCUT2D eigenvalue weighted by Gasteiger charge is 2.37. The molecule has 0 saturated carbocycles. The minimum absolute atomic E-state index is 0.141. The zero-order chi connectivity index (χ0) is 29.2. The molecule has 6 heteroatoms. The Morgan fingerprint density at radius 2 is 1.10 bits per heavy atom. The Bertz CT molecular complexity index is 1950. The zero-order valence-electron chi connectivity index (χ0n) is 24.1. The summed E-state index contributed by atoms with van der Waals surface area (Å²) < 4.78 is 4.13. The SMILES string of the molecule is CC1(C)c2cccc(c2O)-c2cn(-c3ccccc3)c(n2)C(C)(C)c2cn(-c3ccccc3)c(n2)-c2cccc1c2O. The average molecular weight is 553 g/mol. The van der Waals surface area contributed by atoms with E-state index in [0.29, 0.717) is 33.8 Å². The molecule has 208 valence electrons. The largest absolute Gasteiger partial charge is 0.507 e. The maximum Gasteiger partial charge on any atom is 0.148 e. The predicted molar refractivity (Wildman–Crippen MR) is 166 cm³/mol. The van der Waals surface area contributed by atoms with E-state index >= 15 is 0 Å². The molecule has 0 unspecified atom stereocenters. The first-order valence-corrected chi connectivity index (χ1v) is 14.1. The van der Waals surface area contributed by atoms with Crippen molar-refractivity contribution in [2.24, 2.45) is 0 Å². The second kappa shape index (κ2) is 9.21. The van der Waals surface area contributed by atoms with E-state index in [1.54, 1.807) is 0 Å². The van der Waals surface area contributed by atoms with Crippen molar-refractivity contribution >= 4 is 0 Å². The molecular weight excluding hydrogens is 520 g/mol. The Labute approximate surface area is 245 Å². The van der Waals surface area contributed by atoms with E-state index in [1.165, 1.54) is 0 Å². The lowest BCUT2D eigenvalue weighted by molar-refractivity contribution is 0.437. The van der Waals surface area contributed by atoms with Gasteiger partial charge in [0.05, 0.1) is 22.4 Å². The lowest BCUT2D eigenvalue weighted by Gasteiger charge is -2.29. The summed E-state index contributed by atoms with van der Waals surface area (Å²) in [6.45, 7) is 8.26. The van der Waals surface area contributed by atoms with Gasteiger partial charge in [0.2, 0.25) is 0 Å². The molecule has 3 heterocycles. The quantitative estimate of drug-likeness (QED) is 0.230. The predicted octanol–water partition coefficient (Wildman–Crippen LogP) is 7.77. The Morgan fingerprint density at radius 1 is 0.548 bits per heavy atom. The molecule has 0 saturated heterocycles. The molecule has 42 heavy (non-hydrogen) atoms. The second-order valence-corrected chi connectivity index (χ2v) is 12.0. The van der Waals surface area contributed by atoms with Crippen LogP contribution in [0.2, 0.25) is 0 Å². The lowest BCUT2D eigenvalue weighted by atomic mass is 9.76. The molecule has 1 aliphatic rings. The van der Waals surface area contributed by atoms with Crippen molar-refractivity contribution in [2.75, 3.05) is 0 Å². The van der Waals surface area contributed by atoms with Crippen LogP contribution in [-0.2, 0) is 10.8 Å². The topological polar surface area (TPSA) is 76.1 Å². The third-order valence-electron chi connectivity index (χ3n) is 8.62. The molecule has 0 spiro atoms. The summed E-state index contributed by atoms with van der Waals surface area (Å²) in [4.78, 5) is 10.4. The third-order valence-corrected chi connectivity index (χ3v) is 8.62. The number of rotatable bonds is 2. The molecule has 2 N–H and O–H groups in total. The van der Waals surface area contributed by atoms with E-state index in [2.05, 4.69) is 30.5 Å². The number of phenols is 2. The number of para-hydroxylation sites is 4. The fourth-order valence-electron chi connectivity index (χ4n) is 6.14. The van der Waals surface area contributed by atoms with E-state index in [9.17, 15) is 10.2 Å². The van der Waals surface area contributed by atoms with Gasteiger partial charge in [-0.1, -0.05) is 74.5 Å². The molecule has 0 amide bonds. The van der Waals surface area contributed by atoms with E-state index in [-0.39, 0.29) is 11.5 Å². The highest BCUT2D eigenvalue weighted by Crippen LogP contribution is 2.48. The Balaban J connectivity index is 1.62. The van der Waals surface area contributed by atoms with Crippen molar-refractivity contribution in [1.29, 1.82) is 0 Å². The summed E-state index contributed by atoms with van der Waals surface area (Å²) in [5.74, 6) is 1.71. The molecule has 0 fully saturated rings. The molecule has 4 aromatic carbocycles. The number of aromatic nitrogens is 4. The Hall–Kier alpha value is -5.10. The van der Waals surface area contributed by atoms with Gasteiger partial charge >= 0.3 is 0 Å². The van der Waals surface area contributed by atoms with Crippen LogP contribution in [0, 0.1) is 0 Å². The smallest absolute Gasteiger partial charge is 0.148 e. The average Bonchev–Trinajstić information content (AvgIpc) is 3.64. The maximum absolute atomic E-state index is 11.9. The molecule has 1 aliphatic heterocycles. The minimum Gasteiger partial charge on any atom is -0.507 e. The summed E-state index contributed by atoms with van der Waals surface area (Å²) >= 11 is 0. The highest BCUT2D eigenvalue weighted by molar-refractivity contribution is 5.74. The summed E-state index contributed by atoms with van der Waals surface area (Å²) in [5.41, 5.74) is 4.62. The van der Waals surface area contributed by atoms with E-state index in [4.69, 9.17) is 9.97 Å². The minimum atomic E-state index is -0.735. The maximum atomic E-state index is 11.9. The van der Waals surface area contributed by atoms with Crippen LogP contribution in [0.4, 0.5) is 0 Å². The number of benzene rings is 4. The van der Waals surface area contributed by atoms with Crippen molar-refractivity contribution < 1.29 is 10.2 Å². The fraction of sp³-hybridized carbons (Fsp3) is 0.167. The highest BCUT2D eigenvalue weighted by atomic mass is 16.3. The molecule has 6 aromatic rings. The second-order valence-electron chi connectivity index (χ2n) is 12.0. The summed E-state index contributed by atoms with van der Waals surface area (Å²) in [5, 5.41) is 23.7. The van der Waals surface area contributed by atoms with E-state index < -0.39 is 10.8 Å². The van der Waals surface area contributed by atoms with Gasteiger partial charge in [-0.2, -0.15) is 0 Å². The molecule has 0 radical (unpaired) electrons. The number of hydrogen-bond donors (Lipinski definition) is 2. The van der Waals surface area contributed by atoms with Gasteiger partial charge in [-0.15, -0.1) is 0 Å². The van der Waals surface area contributed by atoms with Gasteiger partial charge in [0.1, 0.15) is 23.1 Å². The fourth-order valence-corrected chi connectivity index (χ4v) is 6.14. The van der Waals surface area contributed by atoms with Crippen molar-refractivity contribution in [3.05, 3.63) is 132 Å². The van der Waals surface area contributed by atoms with Crippen LogP contribution in [0.25, 0.3) is 34.0 Å². The van der Waals surface area contributed by atoms with Crippen LogP contribution >= 0.6 is 0 Å². The van der Waals surface area contributed by atoms with Crippen LogP contribution in [0.1, 0.15) is 50.3 Å². The van der Waals surface area contributed by atoms with Crippen molar-refractivity contribution in [1.82, 2.24) is 19.1 Å². The van der Waals surface area contributed by atoms with Crippen LogP contribution in [0.5, 0.6) is 11.5 Å². The van der Waals surface area contributed by atoms with Gasteiger partial charge < -0.3 is 14.8 Å². The molecule has 2 aromatic heterocycles. The van der Waals surface area contributed by atoms with Crippen LogP contribution < -0.4 is 0 Å². The summed E-state index contributed by atoms with van der Waals surface area (Å²) in [6, 6.07) is 31.7. The van der Waals surface area contributed by atoms with Gasteiger partial charge in [0.25, 0.3) is 0 Å². The normalized spacial score (nSPS) is 14.8. The standard InChI is InChI=1S/C36H32N4O2/c1-35(2)27-19-11-17-25(31(27)41)29-21-40(24-15-9-6-10-16-24)34(37-29)36(3,4)30-22-39(23-13-7-5-8-14-23)33(38-30)26-18-12-20-28(35)32(26)42/h5-22,41-42H,1-4H3. The summed E-state index contributed by atoms with van der Waals surface area (Å²) in [6.07, 6.45) is 4.04. The first-order valence-electron chi connectivity index (χ1n) is 14.1. The van der Waals surface area contributed by atoms with E-state index in [1.807, 2.05) is 116 Å². The molecule has 6 nitrogen and oxygen atoms in total. The number of phenolic OH excluding ortho intramolecular Hbond substituents is 2. The molecule has 0 atom stereocenters. The molecular formula is C36H32N4O2. The van der Waals surface area contributed by atoms with Crippen molar-refractivity contribution in [2.45, 2.75) is 38.5 Å². The number of imidazole rings is 2. The zero-order valence-corrected chi connectivity index (χ0v) is 24.1. The van der Waals surface area contributed by atoms with Gasteiger partial charge in [0, 0.05) is 45.9 Å². The number of hydrogen-bond acceptors (Lipinski definition) is 4. The van der Waals surface area contributed by atoms with E-state index in [0.717, 1.165) is 22.9 Å². The van der Waals surface area contributed by atoms with Gasteiger partial charge in [-0.05, 0) is 50.2 Å². The lowest BCUT2D eigenvalue weighted by Crippen LogP contribution is -2.24. The monoisotopic (exact) mass is 552 g/mol. The summed E-state index contributed by atoms with van der Waals surface area (Å²) in [7, 11) is 0. The van der Waals surface area contributed by atoms with Crippen molar-refractivity contribution in [3.63, 3.8) is 0 Å². The van der Waals surface area contributed by atoms with Crippen molar-refractivity contribution in [3.8, 4) is 45.5 Å². The van der Waals surface area contributed by atoms with Gasteiger partial charge in [0.15, 0.2) is 0 Å².